The van der Waals surface area contributed by atoms with Crippen molar-refractivity contribution in [2.24, 2.45) is 0 Å². The van der Waals surface area contributed by atoms with Gasteiger partial charge in [0.1, 0.15) is 11.9 Å². The normalized spacial score (nSPS) is 22.4. The molecule has 4 rings (SSSR count). The summed E-state index contributed by atoms with van der Waals surface area (Å²) in [6, 6.07) is 11.2. The summed E-state index contributed by atoms with van der Waals surface area (Å²) in [4.78, 5) is 10.8. The van der Waals surface area contributed by atoms with Crippen molar-refractivity contribution in [1.82, 2.24) is 0 Å². The van der Waals surface area contributed by atoms with Crippen molar-refractivity contribution in [3.8, 4) is 17.2 Å². The number of benzene rings is 2. The number of carboxylic acid groups (broad SMARTS) is 1. The van der Waals surface area contributed by atoms with Crippen LogP contribution in [-0.4, -0.2) is 45.4 Å². The molecule has 1 aliphatic carbocycles. The van der Waals surface area contributed by atoms with E-state index in [4.69, 9.17) is 23.5 Å². The third-order valence-electron chi connectivity index (χ3n) is 5.12. The molecule has 2 aromatic rings. The summed E-state index contributed by atoms with van der Waals surface area (Å²) in [7, 11) is -2.46. The van der Waals surface area contributed by atoms with Gasteiger partial charge in [-0.15, -0.1) is 0 Å². The number of hydrogen-bond acceptors (Lipinski definition) is 7. The minimum atomic E-state index is -3.96. The van der Waals surface area contributed by atoms with E-state index in [1.165, 1.54) is 19.2 Å². The predicted octanol–water partition coefficient (Wildman–Crippen LogP) is 2.57. The first-order chi connectivity index (χ1) is 13.9. The van der Waals surface area contributed by atoms with E-state index in [-0.39, 0.29) is 16.9 Å². The molecule has 0 amide bonds. The Morgan fingerprint density at radius 3 is 2.62 bits per heavy atom. The molecule has 1 fully saturated rings. The molecule has 0 radical (unpaired) electrons. The summed E-state index contributed by atoms with van der Waals surface area (Å²) in [5, 5.41) is 8.84. The van der Waals surface area contributed by atoms with Crippen LogP contribution in [0.2, 0.25) is 0 Å². The Kier molecular flexibility index (Phi) is 5.10. The second-order valence-corrected chi connectivity index (χ2v) is 8.45. The summed E-state index contributed by atoms with van der Waals surface area (Å²) >= 11 is 0. The fraction of sp³-hybridized carbons (Fsp3) is 0.350. The highest BCUT2D eigenvalue weighted by atomic mass is 32.2. The number of methoxy groups -OCH3 is 1. The average molecular weight is 420 g/mol. The van der Waals surface area contributed by atoms with Gasteiger partial charge < -0.3 is 19.3 Å². The maximum atomic E-state index is 12.7. The summed E-state index contributed by atoms with van der Waals surface area (Å²) in [6.45, 7) is -0.485. The van der Waals surface area contributed by atoms with Gasteiger partial charge in [-0.25, -0.2) is 4.79 Å². The molecule has 8 nitrogen and oxygen atoms in total. The SMILES string of the molecule is COc1ccc(S(=O)(=O)OC2CCC3Oc4c(OCC(=O)O)cccc4C32)cc1. The third kappa shape index (κ3) is 3.75. The number of carbonyl (C=O) groups is 1. The Bertz CT molecular complexity index is 1020. The smallest absolute Gasteiger partial charge is 0.341 e. The number of ether oxygens (including phenoxy) is 3. The van der Waals surface area contributed by atoms with Gasteiger partial charge in [0.15, 0.2) is 18.1 Å². The van der Waals surface area contributed by atoms with E-state index in [2.05, 4.69) is 0 Å². The van der Waals surface area contributed by atoms with Crippen LogP contribution in [0.5, 0.6) is 17.2 Å². The monoisotopic (exact) mass is 420 g/mol. The van der Waals surface area contributed by atoms with E-state index in [1.807, 2.05) is 6.07 Å². The van der Waals surface area contributed by atoms with E-state index >= 15 is 0 Å². The van der Waals surface area contributed by atoms with Crippen molar-refractivity contribution in [2.45, 2.75) is 35.9 Å². The van der Waals surface area contributed by atoms with E-state index in [0.29, 0.717) is 30.1 Å². The Morgan fingerprint density at radius 1 is 1.17 bits per heavy atom. The van der Waals surface area contributed by atoms with E-state index in [9.17, 15) is 13.2 Å². The van der Waals surface area contributed by atoms with Gasteiger partial charge in [-0.05, 0) is 43.2 Å². The predicted molar refractivity (Wildman–Crippen MR) is 101 cm³/mol. The van der Waals surface area contributed by atoms with E-state index in [1.54, 1.807) is 24.3 Å². The standard InChI is InChI=1S/C20H20O8S/c1-25-12-5-7-13(8-6-12)29(23,24)28-16-10-9-15-19(16)14-3-2-4-17(20(14)27-15)26-11-18(21)22/h2-8,15-16,19H,9-11H2,1H3,(H,21,22). The fourth-order valence-corrected chi connectivity index (χ4v) is 4.98. The topological polar surface area (TPSA) is 108 Å². The zero-order valence-electron chi connectivity index (χ0n) is 15.6. The molecule has 0 aromatic heterocycles. The highest BCUT2D eigenvalue weighted by Gasteiger charge is 2.48. The highest BCUT2D eigenvalue weighted by molar-refractivity contribution is 7.86. The lowest BCUT2D eigenvalue weighted by Crippen LogP contribution is -2.24. The van der Waals surface area contributed by atoms with Crippen LogP contribution in [0.4, 0.5) is 0 Å². The van der Waals surface area contributed by atoms with Crippen molar-refractivity contribution >= 4 is 16.1 Å². The molecule has 0 saturated heterocycles. The van der Waals surface area contributed by atoms with Gasteiger partial charge in [0.05, 0.1) is 24.0 Å². The van der Waals surface area contributed by atoms with Crippen LogP contribution in [0.25, 0.3) is 0 Å². The minimum absolute atomic E-state index is 0.0550. The number of fused-ring (bicyclic) bond motifs is 3. The molecule has 1 N–H and O–H groups in total. The van der Waals surface area contributed by atoms with Gasteiger partial charge in [0.25, 0.3) is 10.1 Å². The largest absolute Gasteiger partial charge is 0.497 e. The van der Waals surface area contributed by atoms with Crippen LogP contribution >= 0.6 is 0 Å². The van der Waals surface area contributed by atoms with E-state index in [0.717, 1.165) is 5.56 Å². The molecular weight excluding hydrogens is 400 g/mol. The van der Waals surface area contributed by atoms with Gasteiger partial charge in [-0.3, -0.25) is 4.18 Å². The molecule has 2 aliphatic rings. The Morgan fingerprint density at radius 2 is 1.93 bits per heavy atom. The van der Waals surface area contributed by atoms with Crippen molar-refractivity contribution in [3.63, 3.8) is 0 Å². The maximum absolute atomic E-state index is 12.7. The molecular formula is C20H20O8S. The molecule has 9 heteroatoms. The summed E-state index contributed by atoms with van der Waals surface area (Å²) < 4.78 is 47.4. The number of carboxylic acids is 1. The van der Waals surface area contributed by atoms with Crippen molar-refractivity contribution in [3.05, 3.63) is 48.0 Å². The van der Waals surface area contributed by atoms with Crippen LogP contribution < -0.4 is 14.2 Å². The number of aliphatic carboxylic acids is 1. The quantitative estimate of drug-likeness (QED) is 0.681. The average Bonchev–Trinajstić information content (AvgIpc) is 3.26. The first-order valence-electron chi connectivity index (χ1n) is 9.10. The Hall–Kier alpha value is -2.78. The van der Waals surface area contributed by atoms with Gasteiger partial charge in [0.2, 0.25) is 0 Å². The first kappa shape index (κ1) is 19.5. The zero-order valence-corrected chi connectivity index (χ0v) is 16.4. The van der Waals surface area contributed by atoms with Crippen LogP contribution in [0.1, 0.15) is 24.3 Å². The Balaban J connectivity index is 1.56. The van der Waals surface area contributed by atoms with Crippen LogP contribution in [0, 0.1) is 0 Å². The molecule has 3 atom stereocenters. The summed E-state index contributed by atoms with van der Waals surface area (Å²) in [6.07, 6.45) is 0.337. The van der Waals surface area contributed by atoms with Crippen LogP contribution in [-0.2, 0) is 19.1 Å². The second kappa shape index (κ2) is 7.57. The van der Waals surface area contributed by atoms with Crippen LogP contribution in [0.15, 0.2) is 47.4 Å². The molecule has 1 heterocycles. The molecule has 0 spiro atoms. The van der Waals surface area contributed by atoms with Crippen molar-refractivity contribution in [2.75, 3.05) is 13.7 Å². The molecule has 2 aromatic carbocycles. The van der Waals surface area contributed by atoms with Crippen LogP contribution in [0.3, 0.4) is 0 Å². The van der Waals surface area contributed by atoms with Gasteiger partial charge in [0, 0.05) is 5.56 Å². The third-order valence-corrected chi connectivity index (χ3v) is 6.47. The summed E-state index contributed by atoms with van der Waals surface area (Å²) in [5.41, 5.74) is 0.769. The summed E-state index contributed by atoms with van der Waals surface area (Å²) in [5.74, 6) is -0.0224. The lowest BCUT2D eigenvalue weighted by Gasteiger charge is -2.18. The first-order valence-corrected chi connectivity index (χ1v) is 10.5. The van der Waals surface area contributed by atoms with Crippen molar-refractivity contribution < 1.29 is 36.7 Å². The van der Waals surface area contributed by atoms with Crippen molar-refractivity contribution in [1.29, 1.82) is 0 Å². The van der Waals surface area contributed by atoms with Gasteiger partial charge in [-0.1, -0.05) is 12.1 Å². The van der Waals surface area contributed by atoms with Gasteiger partial charge in [-0.2, -0.15) is 8.42 Å². The maximum Gasteiger partial charge on any atom is 0.341 e. The number of rotatable bonds is 7. The minimum Gasteiger partial charge on any atom is -0.497 e. The zero-order chi connectivity index (χ0) is 20.6. The second-order valence-electron chi connectivity index (χ2n) is 6.88. The molecule has 1 saturated carbocycles. The Labute approximate surface area is 168 Å². The van der Waals surface area contributed by atoms with Gasteiger partial charge >= 0.3 is 5.97 Å². The fourth-order valence-electron chi connectivity index (χ4n) is 3.85. The molecule has 0 bridgehead atoms. The molecule has 3 unspecified atom stereocenters. The van der Waals surface area contributed by atoms with E-state index < -0.39 is 28.8 Å². The molecule has 29 heavy (non-hydrogen) atoms. The molecule has 1 aliphatic heterocycles. The lowest BCUT2D eigenvalue weighted by atomic mass is 9.95. The lowest BCUT2D eigenvalue weighted by molar-refractivity contribution is -0.139. The number of hydrogen-bond donors (Lipinski definition) is 1. The molecule has 154 valence electrons. The number of para-hydroxylation sites is 1. The highest BCUT2D eigenvalue weighted by Crippen LogP contribution is 2.52.